The van der Waals surface area contributed by atoms with Gasteiger partial charge in [-0.25, -0.2) is 18.2 Å². The average Bonchev–Trinajstić information content (AvgIpc) is 2.86. The fraction of sp³-hybridized carbons (Fsp3) is 0.308. The second-order valence-electron chi connectivity index (χ2n) is 4.67. The van der Waals surface area contributed by atoms with Crippen LogP contribution in [0, 0.1) is 17.5 Å². The minimum atomic E-state index is -1.18. The SMILES string of the molecule is CC(C)(NCc1cc(F)c(F)cc1F)c1nccs1. The third-order valence-electron chi connectivity index (χ3n) is 2.78. The number of halogens is 3. The first-order chi connectivity index (χ1) is 8.90. The summed E-state index contributed by atoms with van der Waals surface area (Å²) in [5.74, 6) is -2.99. The highest BCUT2D eigenvalue weighted by Gasteiger charge is 2.23. The van der Waals surface area contributed by atoms with Gasteiger partial charge in [0.25, 0.3) is 0 Å². The van der Waals surface area contributed by atoms with Crippen molar-refractivity contribution in [1.82, 2.24) is 10.3 Å². The molecule has 1 N–H and O–H groups in total. The molecule has 0 spiro atoms. The predicted molar refractivity (Wildman–Crippen MR) is 68.3 cm³/mol. The Morgan fingerprint density at radius 2 is 1.84 bits per heavy atom. The van der Waals surface area contributed by atoms with Crippen molar-refractivity contribution in [3.05, 3.63) is 51.7 Å². The molecule has 0 aliphatic heterocycles. The van der Waals surface area contributed by atoms with E-state index in [9.17, 15) is 13.2 Å². The largest absolute Gasteiger partial charge is 0.302 e. The topological polar surface area (TPSA) is 24.9 Å². The summed E-state index contributed by atoms with van der Waals surface area (Å²) in [6.45, 7) is 3.88. The fourth-order valence-corrected chi connectivity index (χ4v) is 2.36. The van der Waals surface area contributed by atoms with Gasteiger partial charge in [-0.15, -0.1) is 11.3 Å². The maximum absolute atomic E-state index is 13.5. The number of hydrogen-bond acceptors (Lipinski definition) is 3. The van der Waals surface area contributed by atoms with Crippen LogP contribution in [0.5, 0.6) is 0 Å². The van der Waals surface area contributed by atoms with Crippen molar-refractivity contribution in [3.8, 4) is 0 Å². The number of benzene rings is 1. The van der Waals surface area contributed by atoms with Crippen LogP contribution in [0.4, 0.5) is 13.2 Å². The Balaban J connectivity index is 2.13. The summed E-state index contributed by atoms with van der Waals surface area (Å²) >= 11 is 1.47. The molecule has 0 aliphatic rings. The third-order valence-corrected chi connectivity index (χ3v) is 3.87. The van der Waals surface area contributed by atoms with Crippen molar-refractivity contribution in [2.75, 3.05) is 0 Å². The molecular formula is C13H13F3N2S. The van der Waals surface area contributed by atoms with Crippen molar-refractivity contribution in [2.24, 2.45) is 0 Å². The molecule has 1 heterocycles. The van der Waals surface area contributed by atoms with Crippen LogP contribution in [-0.4, -0.2) is 4.98 Å². The number of nitrogens with zero attached hydrogens (tertiary/aromatic N) is 1. The number of rotatable bonds is 4. The molecule has 1 aromatic carbocycles. The molecule has 0 atom stereocenters. The normalized spacial score (nSPS) is 11.8. The molecule has 6 heteroatoms. The molecule has 0 amide bonds. The molecule has 2 rings (SSSR count). The van der Waals surface area contributed by atoms with Crippen LogP contribution in [0.1, 0.15) is 24.4 Å². The van der Waals surface area contributed by atoms with Crippen LogP contribution >= 0.6 is 11.3 Å². The molecular weight excluding hydrogens is 273 g/mol. The van der Waals surface area contributed by atoms with Gasteiger partial charge in [-0.2, -0.15) is 0 Å². The summed E-state index contributed by atoms with van der Waals surface area (Å²) in [5, 5.41) is 5.77. The molecule has 2 nitrogen and oxygen atoms in total. The van der Waals surface area contributed by atoms with E-state index in [-0.39, 0.29) is 12.1 Å². The number of nitrogens with one attached hydrogen (secondary N) is 1. The van der Waals surface area contributed by atoms with E-state index in [1.807, 2.05) is 19.2 Å². The molecule has 0 saturated heterocycles. The van der Waals surface area contributed by atoms with E-state index < -0.39 is 23.0 Å². The zero-order valence-corrected chi connectivity index (χ0v) is 11.3. The van der Waals surface area contributed by atoms with Gasteiger partial charge < -0.3 is 5.32 Å². The van der Waals surface area contributed by atoms with E-state index in [2.05, 4.69) is 10.3 Å². The Bertz CT molecular complexity index is 568. The molecule has 1 aromatic heterocycles. The van der Waals surface area contributed by atoms with Gasteiger partial charge in [0.1, 0.15) is 10.8 Å². The number of aromatic nitrogens is 1. The van der Waals surface area contributed by atoms with Crippen LogP contribution in [0.3, 0.4) is 0 Å². The quantitative estimate of drug-likeness (QED) is 0.869. The second-order valence-corrected chi connectivity index (χ2v) is 5.57. The Kier molecular flexibility index (Phi) is 3.91. The van der Waals surface area contributed by atoms with Crippen LogP contribution in [0.2, 0.25) is 0 Å². The maximum atomic E-state index is 13.5. The van der Waals surface area contributed by atoms with E-state index in [0.717, 1.165) is 11.1 Å². The summed E-state index contributed by atoms with van der Waals surface area (Å²) in [7, 11) is 0. The summed E-state index contributed by atoms with van der Waals surface area (Å²) in [6, 6.07) is 1.43. The van der Waals surface area contributed by atoms with Crippen LogP contribution in [0.25, 0.3) is 0 Å². The van der Waals surface area contributed by atoms with Gasteiger partial charge in [-0.05, 0) is 19.9 Å². The average molecular weight is 286 g/mol. The van der Waals surface area contributed by atoms with Gasteiger partial charge in [0.05, 0.1) is 5.54 Å². The van der Waals surface area contributed by atoms with E-state index in [1.54, 1.807) is 6.20 Å². The summed E-state index contributed by atoms with van der Waals surface area (Å²) in [6.07, 6.45) is 1.68. The van der Waals surface area contributed by atoms with Crippen LogP contribution in [0.15, 0.2) is 23.7 Å². The minimum Gasteiger partial charge on any atom is -0.302 e. The highest BCUT2D eigenvalue weighted by Crippen LogP contribution is 2.23. The van der Waals surface area contributed by atoms with Gasteiger partial charge in [-0.3, -0.25) is 0 Å². The molecule has 0 saturated carbocycles. The summed E-state index contributed by atoms with van der Waals surface area (Å²) in [5.41, 5.74) is -0.380. The minimum absolute atomic E-state index is 0.0866. The zero-order chi connectivity index (χ0) is 14.0. The van der Waals surface area contributed by atoms with Crippen molar-refractivity contribution >= 4 is 11.3 Å². The molecule has 0 radical (unpaired) electrons. The third kappa shape index (κ3) is 3.13. The highest BCUT2D eigenvalue weighted by atomic mass is 32.1. The smallest absolute Gasteiger partial charge is 0.161 e. The lowest BCUT2D eigenvalue weighted by molar-refractivity contribution is 0.392. The van der Waals surface area contributed by atoms with E-state index in [1.165, 1.54) is 11.3 Å². The summed E-state index contributed by atoms with van der Waals surface area (Å²) in [4.78, 5) is 4.18. The Hall–Kier alpha value is -1.40. The molecule has 0 unspecified atom stereocenters. The lowest BCUT2D eigenvalue weighted by Crippen LogP contribution is -2.36. The van der Waals surface area contributed by atoms with Gasteiger partial charge in [0.2, 0.25) is 0 Å². The molecule has 19 heavy (non-hydrogen) atoms. The van der Waals surface area contributed by atoms with Gasteiger partial charge in [-0.1, -0.05) is 0 Å². The maximum Gasteiger partial charge on any atom is 0.161 e. The van der Waals surface area contributed by atoms with Gasteiger partial charge >= 0.3 is 0 Å². The first-order valence-electron chi connectivity index (χ1n) is 5.68. The highest BCUT2D eigenvalue weighted by molar-refractivity contribution is 7.09. The monoisotopic (exact) mass is 286 g/mol. The van der Waals surface area contributed by atoms with Crippen LogP contribution in [-0.2, 0) is 12.1 Å². The molecule has 2 aromatic rings. The Labute approximate surface area is 113 Å². The molecule has 0 bridgehead atoms. The van der Waals surface area contributed by atoms with Crippen molar-refractivity contribution < 1.29 is 13.2 Å². The van der Waals surface area contributed by atoms with Gasteiger partial charge in [0, 0.05) is 29.8 Å². The van der Waals surface area contributed by atoms with E-state index in [0.29, 0.717) is 6.07 Å². The van der Waals surface area contributed by atoms with E-state index >= 15 is 0 Å². The van der Waals surface area contributed by atoms with Gasteiger partial charge in [0.15, 0.2) is 11.6 Å². The molecule has 102 valence electrons. The Morgan fingerprint density at radius 3 is 2.47 bits per heavy atom. The standard InChI is InChI=1S/C13H13F3N2S/c1-13(2,12-17-3-4-19-12)18-7-8-5-10(15)11(16)6-9(8)14/h3-6,18H,7H2,1-2H3. The predicted octanol–water partition coefficient (Wildman–Crippen LogP) is 3.59. The second kappa shape index (κ2) is 5.30. The fourth-order valence-electron chi connectivity index (χ4n) is 1.62. The van der Waals surface area contributed by atoms with E-state index in [4.69, 9.17) is 0 Å². The van der Waals surface area contributed by atoms with Crippen molar-refractivity contribution in [2.45, 2.75) is 25.9 Å². The number of thiazole rings is 1. The Morgan fingerprint density at radius 1 is 1.16 bits per heavy atom. The molecule has 0 aliphatic carbocycles. The lowest BCUT2D eigenvalue weighted by atomic mass is 10.1. The zero-order valence-electron chi connectivity index (χ0n) is 10.5. The first kappa shape index (κ1) is 14.0. The lowest BCUT2D eigenvalue weighted by Gasteiger charge is -2.24. The van der Waals surface area contributed by atoms with Crippen molar-refractivity contribution in [3.63, 3.8) is 0 Å². The molecule has 0 fully saturated rings. The first-order valence-corrected chi connectivity index (χ1v) is 6.56. The number of hydrogen-bond donors (Lipinski definition) is 1. The van der Waals surface area contributed by atoms with Crippen LogP contribution < -0.4 is 5.32 Å². The summed E-state index contributed by atoms with van der Waals surface area (Å²) < 4.78 is 39.4. The van der Waals surface area contributed by atoms with Crippen molar-refractivity contribution in [1.29, 1.82) is 0 Å².